The van der Waals surface area contributed by atoms with Crippen molar-refractivity contribution in [1.29, 1.82) is 0 Å². The highest BCUT2D eigenvalue weighted by molar-refractivity contribution is 6.05. The molecule has 0 fully saturated rings. The van der Waals surface area contributed by atoms with Gasteiger partial charge in [-0.3, -0.25) is 14.9 Å². The Balaban J connectivity index is 2.20. The number of nitrogens with zero attached hydrogens (tertiary/aromatic N) is 5. The molecule has 3 rings (SSSR count). The lowest BCUT2D eigenvalue weighted by Gasteiger charge is -2.27. The number of methoxy groups -OCH3 is 1. The number of anilines is 1. The topological polar surface area (TPSA) is 142 Å². The van der Waals surface area contributed by atoms with Gasteiger partial charge >= 0.3 is 5.97 Å². The number of tetrazole rings is 1. The number of benzene rings is 1. The summed E-state index contributed by atoms with van der Waals surface area (Å²) >= 11 is 0. The van der Waals surface area contributed by atoms with Crippen molar-refractivity contribution in [3.8, 4) is 0 Å². The lowest BCUT2D eigenvalue weighted by Crippen LogP contribution is -2.32. The molecule has 0 bridgehead atoms. The Kier molecular flexibility index (Phi) is 3.97. The van der Waals surface area contributed by atoms with Crippen LogP contribution in [0.3, 0.4) is 0 Å². The Bertz CT molecular complexity index is 901. The van der Waals surface area contributed by atoms with E-state index in [1.807, 2.05) is 0 Å². The van der Waals surface area contributed by atoms with Crippen molar-refractivity contribution < 1.29 is 19.2 Å². The van der Waals surface area contributed by atoms with E-state index in [9.17, 15) is 19.7 Å². The van der Waals surface area contributed by atoms with Gasteiger partial charge in [-0.15, -0.1) is 0 Å². The normalized spacial score (nSPS) is 16.0. The van der Waals surface area contributed by atoms with Crippen molar-refractivity contribution in [3.63, 3.8) is 0 Å². The first-order valence-electron chi connectivity index (χ1n) is 7.06. The standard InChI is InChI=1S/C14H12N6O5/c1-7(21)10-11(13(22)25-2)15-14-16-17-18-19(14)12(10)8-3-5-9(6-4-8)20(23)24/h3-6,12H,1-2H3,(H,15,16,18)/t12-/m0/s1. The monoisotopic (exact) mass is 344 g/mol. The molecule has 25 heavy (non-hydrogen) atoms. The fourth-order valence-corrected chi connectivity index (χ4v) is 2.61. The first-order chi connectivity index (χ1) is 11.9. The molecule has 0 unspecified atom stereocenters. The van der Waals surface area contributed by atoms with Gasteiger partial charge in [0.05, 0.1) is 17.6 Å². The highest BCUT2D eigenvalue weighted by atomic mass is 16.6. The second-order valence-electron chi connectivity index (χ2n) is 5.16. The fraction of sp³-hybridized carbons (Fsp3) is 0.214. The van der Waals surface area contributed by atoms with Crippen molar-refractivity contribution in [2.75, 3.05) is 12.4 Å². The number of ether oxygens (including phenoxy) is 1. The number of nitro groups is 1. The van der Waals surface area contributed by atoms with E-state index in [-0.39, 0.29) is 22.9 Å². The second-order valence-corrected chi connectivity index (χ2v) is 5.16. The van der Waals surface area contributed by atoms with Crippen LogP contribution in [0.5, 0.6) is 0 Å². The molecule has 2 aromatic rings. The lowest BCUT2D eigenvalue weighted by atomic mass is 9.92. The molecule has 1 aliphatic rings. The molecule has 2 heterocycles. The third kappa shape index (κ3) is 2.71. The van der Waals surface area contributed by atoms with Crippen LogP contribution in [0.1, 0.15) is 18.5 Å². The summed E-state index contributed by atoms with van der Waals surface area (Å²) in [4.78, 5) is 34.6. The molecule has 128 valence electrons. The quantitative estimate of drug-likeness (QED) is 0.479. The van der Waals surface area contributed by atoms with Crippen LogP contribution < -0.4 is 5.32 Å². The summed E-state index contributed by atoms with van der Waals surface area (Å²) in [5, 5.41) is 24.7. The SMILES string of the molecule is COC(=O)C1=C(C(C)=O)[C@H](c2ccc([N+](=O)[O-])cc2)n2nnnc2N1. The summed E-state index contributed by atoms with van der Waals surface area (Å²) in [6.07, 6.45) is 0. The van der Waals surface area contributed by atoms with Gasteiger partial charge in [-0.25, -0.2) is 4.79 Å². The number of Topliss-reactive ketones (excluding diaryl/α,β-unsaturated/α-hetero) is 1. The maximum absolute atomic E-state index is 12.2. The van der Waals surface area contributed by atoms with E-state index < -0.39 is 22.7 Å². The van der Waals surface area contributed by atoms with Crippen LogP contribution >= 0.6 is 0 Å². The zero-order valence-electron chi connectivity index (χ0n) is 13.2. The molecule has 1 aromatic carbocycles. The number of carbonyl (C=O) groups excluding carboxylic acids is 2. The van der Waals surface area contributed by atoms with Crippen LogP contribution in [0, 0.1) is 10.1 Å². The van der Waals surface area contributed by atoms with Crippen molar-refractivity contribution in [1.82, 2.24) is 20.2 Å². The van der Waals surface area contributed by atoms with Crippen LogP contribution in [0.2, 0.25) is 0 Å². The number of fused-ring (bicyclic) bond motifs is 1. The van der Waals surface area contributed by atoms with Crippen LogP contribution in [0.25, 0.3) is 0 Å². The largest absolute Gasteiger partial charge is 0.464 e. The Labute approximate surface area is 140 Å². The first kappa shape index (κ1) is 16.2. The average molecular weight is 344 g/mol. The van der Waals surface area contributed by atoms with E-state index in [1.54, 1.807) is 0 Å². The first-order valence-corrected chi connectivity index (χ1v) is 7.06. The number of carbonyl (C=O) groups is 2. The number of ketones is 1. The molecular formula is C14H12N6O5. The third-order valence-electron chi connectivity index (χ3n) is 3.71. The fourth-order valence-electron chi connectivity index (χ4n) is 2.61. The highest BCUT2D eigenvalue weighted by Gasteiger charge is 2.36. The summed E-state index contributed by atoms with van der Waals surface area (Å²) in [5.74, 6) is -0.988. The summed E-state index contributed by atoms with van der Waals surface area (Å²) in [7, 11) is 1.19. The zero-order chi connectivity index (χ0) is 18.1. The van der Waals surface area contributed by atoms with Gasteiger partial charge in [0.1, 0.15) is 11.7 Å². The van der Waals surface area contributed by atoms with E-state index in [2.05, 4.69) is 20.8 Å². The number of hydrogen-bond donors (Lipinski definition) is 1. The van der Waals surface area contributed by atoms with E-state index in [1.165, 1.54) is 43.0 Å². The molecule has 0 amide bonds. The van der Waals surface area contributed by atoms with Crippen molar-refractivity contribution in [2.45, 2.75) is 13.0 Å². The zero-order valence-corrected chi connectivity index (χ0v) is 13.2. The number of nitrogens with one attached hydrogen (secondary N) is 1. The Morgan fingerprint density at radius 2 is 2.00 bits per heavy atom. The predicted octanol–water partition coefficient (Wildman–Crippen LogP) is 0.612. The van der Waals surface area contributed by atoms with E-state index in [4.69, 9.17) is 4.74 Å². The average Bonchev–Trinajstić information content (AvgIpc) is 3.07. The Morgan fingerprint density at radius 3 is 2.56 bits per heavy atom. The molecule has 1 atom stereocenters. The molecule has 0 radical (unpaired) electrons. The molecule has 0 spiro atoms. The number of non-ortho nitro benzene ring substituents is 1. The molecular weight excluding hydrogens is 332 g/mol. The number of allylic oxidation sites excluding steroid dienone is 1. The number of rotatable bonds is 4. The smallest absolute Gasteiger partial charge is 0.355 e. The number of esters is 1. The van der Waals surface area contributed by atoms with Crippen LogP contribution in [-0.4, -0.2) is 44.0 Å². The summed E-state index contributed by atoms with van der Waals surface area (Å²) in [5.41, 5.74) is 0.435. The minimum Gasteiger partial charge on any atom is -0.464 e. The Hall–Kier alpha value is -3.63. The van der Waals surface area contributed by atoms with Crippen molar-refractivity contribution in [3.05, 3.63) is 51.2 Å². The van der Waals surface area contributed by atoms with Crippen LogP contribution in [-0.2, 0) is 14.3 Å². The Morgan fingerprint density at radius 1 is 1.32 bits per heavy atom. The summed E-state index contributed by atoms with van der Waals surface area (Å²) in [6, 6.07) is 4.75. The van der Waals surface area contributed by atoms with Crippen LogP contribution in [0.4, 0.5) is 11.6 Å². The molecule has 0 saturated heterocycles. The van der Waals surface area contributed by atoms with E-state index in [0.29, 0.717) is 5.56 Å². The van der Waals surface area contributed by atoms with Crippen molar-refractivity contribution in [2.24, 2.45) is 0 Å². The molecule has 11 heteroatoms. The van der Waals surface area contributed by atoms with Gasteiger partial charge in [-0.05, 0) is 35.0 Å². The van der Waals surface area contributed by atoms with E-state index >= 15 is 0 Å². The molecule has 1 N–H and O–H groups in total. The number of hydrogen-bond acceptors (Lipinski definition) is 9. The van der Waals surface area contributed by atoms with Gasteiger partial charge < -0.3 is 10.1 Å². The molecule has 11 nitrogen and oxygen atoms in total. The number of nitro benzene ring substituents is 1. The minimum atomic E-state index is -0.821. The molecule has 1 aliphatic heterocycles. The molecule has 1 aromatic heterocycles. The molecule has 0 saturated carbocycles. The maximum Gasteiger partial charge on any atom is 0.355 e. The van der Waals surface area contributed by atoms with Gasteiger partial charge in [0, 0.05) is 12.1 Å². The summed E-state index contributed by atoms with van der Waals surface area (Å²) in [6.45, 7) is 1.30. The van der Waals surface area contributed by atoms with Gasteiger partial charge in [0.25, 0.3) is 5.69 Å². The maximum atomic E-state index is 12.2. The predicted molar refractivity (Wildman–Crippen MR) is 82.4 cm³/mol. The van der Waals surface area contributed by atoms with Gasteiger partial charge in [-0.2, -0.15) is 4.68 Å². The van der Waals surface area contributed by atoms with Gasteiger partial charge in [0.2, 0.25) is 5.95 Å². The number of aromatic nitrogens is 4. The minimum absolute atomic E-state index is 0.0688. The van der Waals surface area contributed by atoms with Gasteiger partial charge in [-0.1, -0.05) is 5.10 Å². The second kappa shape index (κ2) is 6.11. The van der Waals surface area contributed by atoms with Crippen LogP contribution in [0.15, 0.2) is 35.5 Å². The summed E-state index contributed by atoms with van der Waals surface area (Å²) < 4.78 is 6.04. The lowest BCUT2D eigenvalue weighted by molar-refractivity contribution is -0.384. The highest BCUT2D eigenvalue weighted by Crippen LogP contribution is 2.35. The third-order valence-corrected chi connectivity index (χ3v) is 3.71. The molecule has 0 aliphatic carbocycles. The van der Waals surface area contributed by atoms with E-state index in [0.717, 1.165) is 0 Å². The van der Waals surface area contributed by atoms with Gasteiger partial charge in [0.15, 0.2) is 5.78 Å². The van der Waals surface area contributed by atoms with Crippen molar-refractivity contribution >= 4 is 23.4 Å².